The zero-order valence-corrected chi connectivity index (χ0v) is 13.1. The molecular formula is C13H20N2O5S. The minimum absolute atomic E-state index is 0.139. The van der Waals surface area contributed by atoms with Crippen LogP contribution in [0.1, 0.15) is 24.2 Å². The third-order valence-corrected chi connectivity index (χ3v) is 5.05. The topological polar surface area (TPSA) is 110 Å². The second kappa shape index (κ2) is 6.88. The Hall–Kier alpha value is -1.64. The molecule has 0 radical (unpaired) electrons. The van der Waals surface area contributed by atoms with Crippen LogP contribution in [0.3, 0.4) is 0 Å². The summed E-state index contributed by atoms with van der Waals surface area (Å²) < 4.78 is 31.5. The first-order valence-corrected chi connectivity index (χ1v) is 7.79. The van der Waals surface area contributed by atoms with Gasteiger partial charge in [0, 0.05) is 25.4 Å². The Kier molecular flexibility index (Phi) is 5.70. The smallest absolute Gasteiger partial charge is 0.337 e. The Balaban J connectivity index is 3.37. The van der Waals surface area contributed by atoms with Crippen LogP contribution in [0.4, 0.5) is 5.69 Å². The lowest BCUT2D eigenvalue weighted by Gasteiger charge is -2.26. The van der Waals surface area contributed by atoms with E-state index in [0.717, 1.165) is 6.07 Å². The Morgan fingerprint density at radius 1 is 1.43 bits per heavy atom. The lowest BCUT2D eigenvalue weighted by molar-refractivity contribution is 0.0692. The lowest BCUT2D eigenvalue weighted by Crippen LogP contribution is -2.39. The Bertz CT molecular complexity index is 613. The van der Waals surface area contributed by atoms with Gasteiger partial charge < -0.3 is 15.6 Å². The fourth-order valence-electron chi connectivity index (χ4n) is 1.90. The van der Waals surface area contributed by atoms with Gasteiger partial charge in [0.2, 0.25) is 10.0 Å². The average Bonchev–Trinajstić information content (AvgIpc) is 2.37. The second-order valence-corrected chi connectivity index (χ2v) is 6.62. The van der Waals surface area contributed by atoms with E-state index in [-0.39, 0.29) is 35.3 Å². The fourth-order valence-corrected chi connectivity index (χ4v) is 3.69. The van der Waals surface area contributed by atoms with Crippen molar-refractivity contribution in [2.24, 2.45) is 0 Å². The highest BCUT2D eigenvalue weighted by molar-refractivity contribution is 7.89. The number of methoxy groups -OCH3 is 1. The van der Waals surface area contributed by atoms with Crippen LogP contribution in [0.5, 0.6) is 0 Å². The summed E-state index contributed by atoms with van der Waals surface area (Å²) in [5.74, 6) is -1.34. The number of aromatic carboxylic acids is 1. The first-order valence-electron chi connectivity index (χ1n) is 6.35. The van der Waals surface area contributed by atoms with Crippen molar-refractivity contribution >= 4 is 21.7 Å². The van der Waals surface area contributed by atoms with Gasteiger partial charge in [0.15, 0.2) is 0 Å². The zero-order chi connectivity index (χ0) is 16.2. The average molecular weight is 316 g/mol. The molecule has 1 aromatic rings. The summed E-state index contributed by atoms with van der Waals surface area (Å²) in [6.45, 7) is 3.78. The van der Waals surface area contributed by atoms with Crippen LogP contribution in [0.15, 0.2) is 23.1 Å². The number of carboxylic acids is 1. The van der Waals surface area contributed by atoms with E-state index in [1.807, 2.05) is 0 Å². The van der Waals surface area contributed by atoms with Crippen molar-refractivity contribution in [2.45, 2.75) is 24.8 Å². The number of ether oxygens (including phenoxy) is 1. The summed E-state index contributed by atoms with van der Waals surface area (Å²) in [6.07, 6.45) is 0. The van der Waals surface area contributed by atoms with Gasteiger partial charge in [-0.25, -0.2) is 13.2 Å². The van der Waals surface area contributed by atoms with E-state index in [9.17, 15) is 18.3 Å². The molecule has 0 amide bonds. The highest BCUT2D eigenvalue weighted by atomic mass is 32.2. The van der Waals surface area contributed by atoms with Crippen LogP contribution in [-0.2, 0) is 14.8 Å². The molecule has 0 atom stereocenters. The molecule has 1 aromatic carbocycles. The van der Waals surface area contributed by atoms with Gasteiger partial charge in [-0.05, 0) is 32.0 Å². The summed E-state index contributed by atoms with van der Waals surface area (Å²) in [5.41, 5.74) is 5.39. The van der Waals surface area contributed by atoms with Crippen molar-refractivity contribution in [3.05, 3.63) is 23.8 Å². The molecular weight excluding hydrogens is 296 g/mol. The molecule has 0 aliphatic heterocycles. The molecule has 3 N–H and O–H groups in total. The quantitative estimate of drug-likeness (QED) is 0.727. The maximum absolute atomic E-state index is 12.7. The molecule has 21 heavy (non-hydrogen) atoms. The van der Waals surface area contributed by atoms with Crippen LogP contribution in [-0.4, -0.2) is 50.1 Å². The fraction of sp³-hybridized carbons (Fsp3) is 0.462. The monoisotopic (exact) mass is 316 g/mol. The molecule has 0 saturated carbocycles. The number of hydrogen-bond donors (Lipinski definition) is 2. The number of hydrogen-bond acceptors (Lipinski definition) is 5. The largest absolute Gasteiger partial charge is 0.478 e. The predicted molar refractivity (Wildman–Crippen MR) is 78.7 cm³/mol. The van der Waals surface area contributed by atoms with Crippen molar-refractivity contribution in [1.82, 2.24) is 4.31 Å². The number of nitrogen functional groups attached to an aromatic ring is 1. The van der Waals surface area contributed by atoms with Crippen molar-refractivity contribution in [1.29, 1.82) is 0 Å². The summed E-state index contributed by atoms with van der Waals surface area (Å²) in [5, 5.41) is 9.19. The van der Waals surface area contributed by atoms with Crippen molar-refractivity contribution in [3.8, 4) is 0 Å². The molecule has 0 fully saturated rings. The van der Waals surface area contributed by atoms with Gasteiger partial charge in [0.05, 0.1) is 17.1 Å². The lowest BCUT2D eigenvalue weighted by atomic mass is 10.2. The number of rotatable bonds is 7. The number of nitrogens with zero attached hydrogens (tertiary/aromatic N) is 1. The first-order chi connectivity index (χ1) is 9.71. The van der Waals surface area contributed by atoms with Crippen LogP contribution < -0.4 is 5.73 Å². The highest BCUT2D eigenvalue weighted by Gasteiger charge is 2.30. The summed E-state index contributed by atoms with van der Waals surface area (Å²) in [6, 6.07) is 3.40. The number of anilines is 1. The van der Waals surface area contributed by atoms with Crippen LogP contribution >= 0.6 is 0 Å². The molecule has 0 heterocycles. The van der Waals surface area contributed by atoms with Crippen LogP contribution in [0.25, 0.3) is 0 Å². The maximum Gasteiger partial charge on any atom is 0.337 e. The standard InChI is InChI=1S/C13H20N2O5S/c1-9(2)15(6-7-20-3)21(18,19)12-5-4-10(14)8-11(12)13(16)17/h4-5,8-9H,6-7,14H2,1-3H3,(H,16,17). The number of nitrogens with two attached hydrogens (primary N) is 1. The summed E-state index contributed by atoms with van der Waals surface area (Å²) >= 11 is 0. The van der Waals surface area contributed by atoms with E-state index in [4.69, 9.17) is 10.5 Å². The molecule has 0 saturated heterocycles. The first kappa shape index (κ1) is 17.4. The minimum atomic E-state index is -3.95. The van der Waals surface area contributed by atoms with Crippen molar-refractivity contribution in [3.63, 3.8) is 0 Å². The third-order valence-electron chi connectivity index (χ3n) is 2.91. The Labute approximate surface area is 124 Å². The number of carbonyl (C=O) groups is 1. The number of benzene rings is 1. The second-order valence-electron chi connectivity index (χ2n) is 4.76. The van der Waals surface area contributed by atoms with Gasteiger partial charge >= 0.3 is 5.97 Å². The molecule has 0 aliphatic rings. The SMILES string of the molecule is COCCN(C(C)C)S(=O)(=O)c1ccc(N)cc1C(=O)O. The van der Waals surface area contributed by atoms with E-state index in [1.54, 1.807) is 13.8 Å². The van der Waals surface area contributed by atoms with Gasteiger partial charge in [-0.2, -0.15) is 4.31 Å². The van der Waals surface area contributed by atoms with E-state index in [0.29, 0.717) is 0 Å². The van der Waals surface area contributed by atoms with E-state index < -0.39 is 16.0 Å². The van der Waals surface area contributed by atoms with Crippen molar-refractivity contribution in [2.75, 3.05) is 26.0 Å². The van der Waals surface area contributed by atoms with E-state index in [1.165, 1.54) is 23.5 Å². The molecule has 0 aromatic heterocycles. The molecule has 118 valence electrons. The van der Waals surface area contributed by atoms with E-state index in [2.05, 4.69) is 0 Å². The van der Waals surface area contributed by atoms with Crippen molar-refractivity contribution < 1.29 is 23.1 Å². The molecule has 0 bridgehead atoms. The Morgan fingerprint density at radius 2 is 2.05 bits per heavy atom. The molecule has 1 rings (SSSR count). The Morgan fingerprint density at radius 3 is 2.52 bits per heavy atom. The number of carboxylic acid groups (broad SMARTS) is 1. The predicted octanol–water partition coefficient (Wildman–Crippen LogP) is 1.01. The van der Waals surface area contributed by atoms with Gasteiger partial charge in [-0.1, -0.05) is 0 Å². The highest BCUT2D eigenvalue weighted by Crippen LogP contribution is 2.24. The minimum Gasteiger partial charge on any atom is -0.478 e. The van der Waals surface area contributed by atoms with Gasteiger partial charge in [0.1, 0.15) is 0 Å². The van der Waals surface area contributed by atoms with Gasteiger partial charge in [0.25, 0.3) is 0 Å². The molecule has 0 unspecified atom stereocenters. The zero-order valence-electron chi connectivity index (χ0n) is 12.2. The van der Waals surface area contributed by atoms with Crippen LogP contribution in [0.2, 0.25) is 0 Å². The molecule has 0 spiro atoms. The van der Waals surface area contributed by atoms with Gasteiger partial charge in [-0.3, -0.25) is 0 Å². The summed E-state index contributed by atoms with van der Waals surface area (Å²) in [7, 11) is -2.48. The van der Waals surface area contributed by atoms with Gasteiger partial charge in [-0.15, -0.1) is 0 Å². The molecule has 8 heteroatoms. The molecule has 7 nitrogen and oxygen atoms in total. The van der Waals surface area contributed by atoms with E-state index >= 15 is 0 Å². The third kappa shape index (κ3) is 3.93. The summed E-state index contributed by atoms with van der Waals surface area (Å²) in [4.78, 5) is 11.0. The normalized spacial score (nSPS) is 12.0. The van der Waals surface area contributed by atoms with Crippen LogP contribution in [0, 0.1) is 0 Å². The maximum atomic E-state index is 12.7. The molecule has 0 aliphatic carbocycles. The number of sulfonamides is 1.